The summed E-state index contributed by atoms with van der Waals surface area (Å²) in [6.07, 6.45) is 2.46. The number of benzene rings is 1. The highest BCUT2D eigenvalue weighted by Gasteiger charge is 2.24. The van der Waals surface area contributed by atoms with E-state index in [4.69, 9.17) is 0 Å². The predicted molar refractivity (Wildman–Crippen MR) is 97.4 cm³/mol. The Morgan fingerprint density at radius 1 is 0.857 bits per heavy atom. The maximum absolute atomic E-state index is 15.1. The molecule has 2 aromatic heterocycles. The first-order chi connectivity index (χ1) is 13.3. The molecule has 0 atom stereocenters. The van der Waals surface area contributed by atoms with Crippen LogP contribution in [0.4, 0.5) is 17.6 Å². The Hall–Kier alpha value is -2.71. The van der Waals surface area contributed by atoms with Crippen LogP contribution in [0.25, 0.3) is 21.9 Å². The van der Waals surface area contributed by atoms with E-state index in [-0.39, 0.29) is 18.7 Å². The lowest BCUT2D eigenvalue weighted by molar-refractivity contribution is 0.451. The normalized spacial score (nSPS) is 11.6. The molecule has 0 aliphatic rings. The summed E-state index contributed by atoms with van der Waals surface area (Å²) < 4.78 is 58.6. The van der Waals surface area contributed by atoms with Crippen molar-refractivity contribution in [1.29, 1.82) is 0 Å². The van der Waals surface area contributed by atoms with Gasteiger partial charge in [0, 0.05) is 19.2 Å². The zero-order valence-corrected chi connectivity index (χ0v) is 15.5. The fourth-order valence-corrected chi connectivity index (χ4v) is 3.15. The van der Waals surface area contributed by atoms with Gasteiger partial charge in [0.1, 0.15) is 5.39 Å². The molecule has 0 saturated carbocycles. The van der Waals surface area contributed by atoms with Crippen LogP contribution in [0, 0.1) is 23.3 Å². The number of pyridine rings is 1. The van der Waals surface area contributed by atoms with Crippen molar-refractivity contribution in [2.24, 2.45) is 0 Å². The van der Waals surface area contributed by atoms with Gasteiger partial charge in [0.05, 0.1) is 10.9 Å². The van der Waals surface area contributed by atoms with Crippen LogP contribution in [0.1, 0.15) is 39.5 Å². The second-order valence-electron chi connectivity index (χ2n) is 6.60. The summed E-state index contributed by atoms with van der Waals surface area (Å²) in [6, 6.07) is 0.549. The van der Waals surface area contributed by atoms with Crippen molar-refractivity contribution in [2.45, 2.75) is 52.6 Å². The molecule has 0 aliphatic heterocycles. The third-order valence-electron chi connectivity index (χ3n) is 4.68. The van der Waals surface area contributed by atoms with Gasteiger partial charge in [0.15, 0.2) is 28.9 Å². The van der Waals surface area contributed by atoms with Gasteiger partial charge < -0.3 is 0 Å². The maximum atomic E-state index is 15.1. The van der Waals surface area contributed by atoms with Gasteiger partial charge in [-0.25, -0.2) is 27.3 Å². The maximum Gasteiger partial charge on any atom is 0.332 e. The number of rotatable bonds is 6. The molecule has 0 fully saturated rings. The summed E-state index contributed by atoms with van der Waals surface area (Å²) in [5.74, 6) is -6.49. The number of aromatic nitrogens is 3. The summed E-state index contributed by atoms with van der Waals surface area (Å²) in [6.45, 7) is 3.97. The topological polar surface area (TPSA) is 56.9 Å². The summed E-state index contributed by atoms with van der Waals surface area (Å²) >= 11 is 0. The van der Waals surface area contributed by atoms with Crippen molar-refractivity contribution in [3.8, 4) is 0 Å². The molecule has 3 aromatic rings. The molecular formula is C19H19F4N3O2. The molecule has 5 nitrogen and oxygen atoms in total. The first-order valence-corrected chi connectivity index (χ1v) is 9.13. The van der Waals surface area contributed by atoms with Crippen LogP contribution in [-0.2, 0) is 13.1 Å². The fourth-order valence-electron chi connectivity index (χ4n) is 3.15. The SMILES string of the molecule is CCCCn1c(=O)c2c(F)c3c(F)c(F)c(F)cc3nc2n(CCCC)c1=O. The number of nitrogens with zero attached hydrogens (tertiary/aromatic N) is 3. The summed E-state index contributed by atoms with van der Waals surface area (Å²) in [4.78, 5) is 29.6. The van der Waals surface area contributed by atoms with Crippen molar-refractivity contribution in [3.05, 3.63) is 50.2 Å². The van der Waals surface area contributed by atoms with Gasteiger partial charge in [0.25, 0.3) is 5.56 Å². The van der Waals surface area contributed by atoms with E-state index < -0.39 is 50.8 Å². The molecule has 150 valence electrons. The van der Waals surface area contributed by atoms with Gasteiger partial charge in [0.2, 0.25) is 0 Å². The number of hydrogen-bond donors (Lipinski definition) is 0. The number of unbranched alkanes of at least 4 members (excludes halogenated alkanes) is 2. The van der Waals surface area contributed by atoms with Crippen molar-refractivity contribution in [2.75, 3.05) is 0 Å². The summed E-state index contributed by atoms with van der Waals surface area (Å²) in [5, 5.41) is -1.52. The molecule has 0 bridgehead atoms. The van der Waals surface area contributed by atoms with Gasteiger partial charge in [-0.15, -0.1) is 0 Å². The second-order valence-corrected chi connectivity index (χ2v) is 6.60. The molecule has 0 radical (unpaired) electrons. The Labute approximate surface area is 157 Å². The lowest BCUT2D eigenvalue weighted by atomic mass is 10.1. The zero-order chi connectivity index (χ0) is 20.6. The van der Waals surface area contributed by atoms with Crippen LogP contribution in [0.5, 0.6) is 0 Å². The minimum Gasteiger partial charge on any atom is -0.277 e. The third kappa shape index (κ3) is 3.08. The van der Waals surface area contributed by atoms with Gasteiger partial charge in [-0.1, -0.05) is 26.7 Å². The van der Waals surface area contributed by atoms with E-state index in [1.165, 1.54) is 0 Å². The number of hydrogen-bond acceptors (Lipinski definition) is 3. The van der Waals surface area contributed by atoms with E-state index in [0.717, 1.165) is 9.13 Å². The highest BCUT2D eigenvalue weighted by molar-refractivity contribution is 5.92. The number of fused-ring (bicyclic) bond motifs is 2. The molecule has 0 saturated heterocycles. The van der Waals surface area contributed by atoms with E-state index in [2.05, 4.69) is 4.98 Å². The van der Waals surface area contributed by atoms with Gasteiger partial charge in [-0.05, 0) is 12.8 Å². The number of halogens is 4. The minimum absolute atomic E-state index is 0.0635. The van der Waals surface area contributed by atoms with E-state index in [1.54, 1.807) is 0 Å². The van der Waals surface area contributed by atoms with Crippen molar-refractivity contribution in [1.82, 2.24) is 14.1 Å². The van der Waals surface area contributed by atoms with Crippen LogP contribution in [0.2, 0.25) is 0 Å². The van der Waals surface area contributed by atoms with Crippen molar-refractivity contribution >= 4 is 21.9 Å². The van der Waals surface area contributed by atoms with Crippen LogP contribution in [-0.4, -0.2) is 14.1 Å². The Morgan fingerprint density at radius 2 is 1.46 bits per heavy atom. The lowest BCUT2D eigenvalue weighted by Gasteiger charge is -2.15. The third-order valence-corrected chi connectivity index (χ3v) is 4.68. The van der Waals surface area contributed by atoms with E-state index in [0.29, 0.717) is 31.7 Å². The molecule has 0 unspecified atom stereocenters. The minimum atomic E-state index is -1.85. The molecule has 0 aliphatic carbocycles. The van der Waals surface area contributed by atoms with Crippen LogP contribution < -0.4 is 11.2 Å². The molecule has 28 heavy (non-hydrogen) atoms. The first kappa shape index (κ1) is 20.0. The Balaban J connectivity index is 2.52. The first-order valence-electron chi connectivity index (χ1n) is 9.13. The van der Waals surface area contributed by atoms with E-state index >= 15 is 4.39 Å². The Kier molecular flexibility index (Phi) is 5.53. The summed E-state index contributed by atoms with van der Waals surface area (Å²) in [7, 11) is 0. The van der Waals surface area contributed by atoms with Crippen LogP contribution in [0.15, 0.2) is 15.7 Å². The monoisotopic (exact) mass is 397 g/mol. The second kappa shape index (κ2) is 7.73. The number of aryl methyl sites for hydroxylation is 1. The van der Waals surface area contributed by atoms with Gasteiger partial charge in [-0.2, -0.15) is 0 Å². The van der Waals surface area contributed by atoms with Crippen molar-refractivity contribution in [3.63, 3.8) is 0 Å². The zero-order valence-electron chi connectivity index (χ0n) is 15.5. The molecule has 9 heteroatoms. The van der Waals surface area contributed by atoms with E-state index in [1.807, 2.05) is 13.8 Å². The van der Waals surface area contributed by atoms with Gasteiger partial charge in [-0.3, -0.25) is 13.9 Å². The van der Waals surface area contributed by atoms with Crippen LogP contribution >= 0.6 is 0 Å². The quantitative estimate of drug-likeness (QED) is 0.361. The fraction of sp³-hybridized carbons (Fsp3) is 0.421. The molecule has 0 N–H and O–H groups in total. The highest BCUT2D eigenvalue weighted by Crippen LogP contribution is 2.27. The Morgan fingerprint density at radius 3 is 2.07 bits per heavy atom. The highest BCUT2D eigenvalue weighted by atomic mass is 19.2. The predicted octanol–water partition coefficient (Wildman–Crippen LogP) is 3.87. The van der Waals surface area contributed by atoms with Gasteiger partial charge >= 0.3 is 5.69 Å². The molecule has 0 amide bonds. The largest absolute Gasteiger partial charge is 0.332 e. The standard InChI is InChI=1S/C19H19F4N3O2/c1-3-5-7-25-17-13(18(27)26(19(25)28)8-6-4-2)15(22)12-11(24-17)9-10(20)14(21)16(12)23/h9H,3-8H2,1-2H3. The molecule has 2 heterocycles. The van der Waals surface area contributed by atoms with Crippen molar-refractivity contribution < 1.29 is 17.6 Å². The van der Waals surface area contributed by atoms with E-state index in [9.17, 15) is 22.8 Å². The summed E-state index contributed by atoms with van der Waals surface area (Å²) in [5.41, 5.74) is -2.42. The Bertz CT molecular complexity index is 1180. The molecule has 3 rings (SSSR count). The van der Waals surface area contributed by atoms with Crippen LogP contribution in [0.3, 0.4) is 0 Å². The smallest absolute Gasteiger partial charge is 0.277 e. The average molecular weight is 397 g/mol. The average Bonchev–Trinajstić information content (AvgIpc) is 2.65. The molecule has 0 spiro atoms. The molecular weight excluding hydrogens is 378 g/mol. The molecule has 1 aromatic carbocycles. The lowest BCUT2D eigenvalue weighted by Crippen LogP contribution is -2.41.